The predicted octanol–water partition coefficient (Wildman–Crippen LogP) is 1.60. The van der Waals surface area contributed by atoms with Gasteiger partial charge < -0.3 is 10.1 Å². The first-order chi connectivity index (χ1) is 5.85. The first kappa shape index (κ1) is 11.9. The summed E-state index contributed by atoms with van der Waals surface area (Å²) in [4.78, 5) is 14.9. The van der Waals surface area contributed by atoms with Crippen LogP contribution in [0.15, 0.2) is 4.99 Å². The average Bonchev–Trinajstić information content (AvgIpc) is 1.81. The fourth-order valence-corrected chi connectivity index (χ4v) is 0.754. The molecule has 0 unspecified atom stereocenters. The van der Waals surface area contributed by atoms with Crippen molar-refractivity contribution in [2.45, 2.75) is 39.3 Å². The average molecular weight is 186 g/mol. The first-order valence-electron chi connectivity index (χ1n) is 4.27. The van der Waals surface area contributed by atoms with Gasteiger partial charge in [0.25, 0.3) is 0 Å². The van der Waals surface area contributed by atoms with Gasteiger partial charge in [0, 0.05) is 13.3 Å². The van der Waals surface area contributed by atoms with Crippen LogP contribution in [-0.4, -0.2) is 31.0 Å². The van der Waals surface area contributed by atoms with Crippen molar-refractivity contribution in [3.8, 4) is 0 Å². The van der Waals surface area contributed by atoms with Crippen LogP contribution in [0.4, 0.5) is 4.79 Å². The largest absolute Gasteiger partial charge is 0.444 e. The highest BCUT2D eigenvalue weighted by atomic mass is 16.6. The third kappa shape index (κ3) is 7.31. The van der Waals surface area contributed by atoms with E-state index in [1.54, 1.807) is 13.3 Å². The summed E-state index contributed by atoms with van der Waals surface area (Å²) >= 11 is 0. The summed E-state index contributed by atoms with van der Waals surface area (Å²) < 4.78 is 5.04. The zero-order valence-electron chi connectivity index (χ0n) is 8.92. The second-order valence-electron chi connectivity index (χ2n) is 3.84. The Morgan fingerprint density at radius 3 is 2.46 bits per heavy atom. The SMILES string of the molecule is CN=C[C@@H](C)NC(=O)OC(C)(C)C. The fourth-order valence-electron chi connectivity index (χ4n) is 0.754. The van der Waals surface area contributed by atoms with E-state index >= 15 is 0 Å². The number of alkyl carbamates (subject to hydrolysis) is 1. The van der Waals surface area contributed by atoms with E-state index < -0.39 is 11.7 Å². The molecule has 0 radical (unpaired) electrons. The molecular weight excluding hydrogens is 168 g/mol. The van der Waals surface area contributed by atoms with Gasteiger partial charge in [-0.2, -0.15) is 0 Å². The highest BCUT2D eigenvalue weighted by molar-refractivity contribution is 5.74. The number of ether oxygens (including phenoxy) is 1. The van der Waals surface area contributed by atoms with E-state index in [0.29, 0.717) is 0 Å². The normalized spacial score (nSPS) is 14.2. The zero-order chi connectivity index (χ0) is 10.5. The van der Waals surface area contributed by atoms with Crippen LogP contribution in [-0.2, 0) is 4.74 Å². The fraction of sp³-hybridized carbons (Fsp3) is 0.778. The molecule has 13 heavy (non-hydrogen) atoms. The monoisotopic (exact) mass is 186 g/mol. The molecule has 0 aromatic rings. The number of nitrogens with one attached hydrogen (secondary N) is 1. The standard InChI is InChI=1S/C9H18N2O2/c1-7(6-10-5)11-8(12)13-9(2,3)4/h6-7H,1-5H3,(H,11,12)/t7-/m1/s1. The number of nitrogens with zero attached hydrogens (tertiary/aromatic N) is 1. The molecule has 0 aromatic heterocycles. The Morgan fingerprint density at radius 2 is 2.08 bits per heavy atom. The summed E-state index contributed by atoms with van der Waals surface area (Å²) in [5.74, 6) is 0. The van der Waals surface area contributed by atoms with Gasteiger partial charge in [-0.3, -0.25) is 4.99 Å². The van der Waals surface area contributed by atoms with Crippen LogP contribution >= 0.6 is 0 Å². The minimum Gasteiger partial charge on any atom is -0.444 e. The lowest BCUT2D eigenvalue weighted by atomic mass is 10.2. The number of amides is 1. The molecule has 0 rings (SSSR count). The highest BCUT2D eigenvalue weighted by Crippen LogP contribution is 2.06. The molecule has 0 aliphatic carbocycles. The minimum absolute atomic E-state index is 0.0974. The molecule has 0 saturated heterocycles. The Kier molecular flexibility index (Phi) is 4.45. The van der Waals surface area contributed by atoms with Gasteiger partial charge in [-0.1, -0.05) is 0 Å². The van der Waals surface area contributed by atoms with E-state index in [-0.39, 0.29) is 6.04 Å². The number of aliphatic imine (C=N–C) groups is 1. The maximum atomic E-state index is 11.1. The minimum atomic E-state index is -0.451. The lowest BCUT2D eigenvalue weighted by molar-refractivity contribution is 0.0522. The van der Waals surface area contributed by atoms with Gasteiger partial charge in [-0.05, 0) is 27.7 Å². The summed E-state index contributed by atoms with van der Waals surface area (Å²) in [6, 6.07) is -0.0974. The molecule has 1 N–H and O–H groups in total. The van der Waals surface area contributed by atoms with E-state index in [4.69, 9.17) is 4.74 Å². The quantitative estimate of drug-likeness (QED) is 0.666. The summed E-state index contributed by atoms with van der Waals surface area (Å²) in [6.45, 7) is 7.30. The van der Waals surface area contributed by atoms with Crippen LogP contribution in [0.25, 0.3) is 0 Å². The number of hydrogen-bond acceptors (Lipinski definition) is 3. The van der Waals surface area contributed by atoms with Crippen LogP contribution in [0, 0.1) is 0 Å². The Labute approximate surface area is 79.4 Å². The second-order valence-corrected chi connectivity index (χ2v) is 3.84. The van der Waals surface area contributed by atoms with Crippen LogP contribution in [0.5, 0.6) is 0 Å². The summed E-state index contributed by atoms with van der Waals surface area (Å²) in [5.41, 5.74) is -0.451. The van der Waals surface area contributed by atoms with Crippen LogP contribution < -0.4 is 5.32 Å². The summed E-state index contributed by atoms with van der Waals surface area (Å²) in [5, 5.41) is 2.63. The molecule has 1 atom stereocenters. The number of hydrogen-bond donors (Lipinski definition) is 1. The van der Waals surface area contributed by atoms with Crippen molar-refractivity contribution < 1.29 is 9.53 Å². The predicted molar refractivity (Wildman–Crippen MR) is 53.2 cm³/mol. The molecule has 0 aromatic carbocycles. The molecule has 0 fully saturated rings. The molecule has 0 aliphatic rings. The van der Waals surface area contributed by atoms with Gasteiger partial charge in [0.1, 0.15) is 5.60 Å². The van der Waals surface area contributed by atoms with Crippen molar-refractivity contribution in [3.63, 3.8) is 0 Å². The van der Waals surface area contributed by atoms with Gasteiger partial charge >= 0.3 is 6.09 Å². The Balaban J connectivity index is 3.88. The van der Waals surface area contributed by atoms with Crippen molar-refractivity contribution in [1.82, 2.24) is 5.32 Å². The van der Waals surface area contributed by atoms with Crippen LogP contribution in [0.1, 0.15) is 27.7 Å². The van der Waals surface area contributed by atoms with Gasteiger partial charge in [-0.15, -0.1) is 0 Å². The number of carbonyl (C=O) groups is 1. The third-order valence-corrected chi connectivity index (χ3v) is 1.12. The second kappa shape index (κ2) is 4.84. The van der Waals surface area contributed by atoms with E-state index in [1.165, 1.54) is 0 Å². The van der Waals surface area contributed by atoms with E-state index in [0.717, 1.165) is 0 Å². The molecule has 0 aliphatic heterocycles. The molecule has 0 spiro atoms. The Morgan fingerprint density at radius 1 is 1.54 bits per heavy atom. The van der Waals surface area contributed by atoms with Crippen molar-refractivity contribution in [1.29, 1.82) is 0 Å². The third-order valence-electron chi connectivity index (χ3n) is 1.12. The van der Waals surface area contributed by atoms with Gasteiger partial charge in [-0.25, -0.2) is 4.79 Å². The number of carbonyl (C=O) groups excluding carboxylic acids is 1. The maximum absolute atomic E-state index is 11.1. The smallest absolute Gasteiger partial charge is 0.408 e. The molecule has 4 heteroatoms. The lowest BCUT2D eigenvalue weighted by Gasteiger charge is -2.20. The van der Waals surface area contributed by atoms with Crippen LogP contribution in [0.3, 0.4) is 0 Å². The maximum Gasteiger partial charge on any atom is 0.408 e. The zero-order valence-corrected chi connectivity index (χ0v) is 8.92. The van der Waals surface area contributed by atoms with Crippen molar-refractivity contribution in [2.75, 3.05) is 7.05 Å². The first-order valence-corrected chi connectivity index (χ1v) is 4.27. The van der Waals surface area contributed by atoms with Crippen molar-refractivity contribution in [3.05, 3.63) is 0 Å². The summed E-state index contributed by atoms with van der Waals surface area (Å²) in [6.07, 6.45) is 1.23. The van der Waals surface area contributed by atoms with E-state index in [9.17, 15) is 4.79 Å². The molecule has 0 bridgehead atoms. The molecule has 76 valence electrons. The highest BCUT2D eigenvalue weighted by Gasteiger charge is 2.16. The molecule has 1 amide bonds. The van der Waals surface area contributed by atoms with E-state index in [2.05, 4.69) is 10.3 Å². The Hall–Kier alpha value is -1.06. The van der Waals surface area contributed by atoms with Gasteiger partial charge in [0.2, 0.25) is 0 Å². The molecule has 4 nitrogen and oxygen atoms in total. The van der Waals surface area contributed by atoms with Crippen LogP contribution in [0.2, 0.25) is 0 Å². The van der Waals surface area contributed by atoms with Crippen molar-refractivity contribution >= 4 is 12.3 Å². The topological polar surface area (TPSA) is 50.7 Å². The van der Waals surface area contributed by atoms with E-state index in [1.807, 2.05) is 27.7 Å². The van der Waals surface area contributed by atoms with Gasteiger partial charge in [0.15, 0.2) is 0 Å². The number of rotatable bonds is 2. The summed E-state index contributed by atoms with van der Waals surface area (Å²) in [7, 11) is 1.66. The lowest BCUT2D eigenvalue weighted by Crippen LogP contribution is -2.38. The van der Waals surface area contributed by atoms with Gasteiger partial charge in [0.05, 0.1) is 6.04 Å². The Bertz CT molecular complexity index is 194. The molecular formula is C9H18N2O2. The molecule has 0 heterocycles. The molecule has 0 saturated carbocycles. The van der Waals surface area contributed by atoms with Crippen molar-refractivity contribution in [2.24, 2.45) is 4.99 Å².